The molecule has 0 saturated heterocycles. The molecule has 1 aromatic rings. The molecule has 1 heteroatoms. The molecule has 0 saturated carbocycles. The Morgan fingerprint density at radius 2 is 1.93 bits per heavy atom. The van der Waals surface area contributed by atoms with Crippen molar-refractivity contribution in [1.29, 1.82) is 0 Å². The SMILES string of the molecule is [Pt]=[CH]/C=C\C1=CCc2ccccc2C1. The van der Waals surface area contributed by atoms with E-state index in [4.69, 9.17) is 0 Å². The maximum atomic E-state index is 2.32. The monoisotopic (exact) mass is 363 g/mol. The fourth-order valence-electron chi connectivity index (χ4n) is 1.74. The van der Waals surface area contributed by atoms with Crippen LogP contribution in [0.2, 0.25) is 0 Å². The second-order valence-corrected chi connectivity index (χ2v) is 4.15. The third kappa shape index (κ3) is 2.19. The van der Waals surface area contributed by atoms with E-state index < -0.39 is 0 Å². The Kier molecular flexibility index (Phi) is 3.26. The first-order valence-corrected chi connectivity index (χ1v) is 6.03. The van der Waals surface area contributed by atoms with Gasteiger partial charge in [-0.1, -0.05) is 0 Å². The molecule has 0 N–H and O–H groups in total. The van der Waals surface area contributed by atoms with Crippen molar-refractivity contribution in [2.75, 3.05) is 0 Å². The minimum atomic E-state index is 1.08. The Hall–Kier alpha value is -0.742. The van der Waals surface area contributed by atoms with Crippen LogP contribution < -0.4 is 0 Å². The first kappa shape index (κ1) is 9.80. The summed E-state index contributed by atoms with van der Waals surface area (Å²) in [6, 6.07) is 8.68. The normalized spacial score (nSPS) is 15.1. The minimum absolute atomic E-state index is 1.08. The number of rotatable bonds is 2. The molecule has 1 aliphatic rings. The van der Waals surface area contributed by atoms with Crippen molar-refractivity contribution >= 4 is 4.40 Å². The number of benzene rings is 1. The summed E-state index contributed by atoms with van der Waals surface area (Å²) in [4.78, 5) is 0. The van der Waals surface area contributed by atoms with Gasteiger partial charge in [-0.2, -0.15) is 0 Å². The average Bonchev–Trinajstić information content (AvgIpc) is 2.26. The van der Waals surface area contributed by atoms with Gasteiger partial charge >= 0.3 is 95.8 Å². The van der Waals surface area contributed by atoms with Gasteiger partial charge in [0.2, 0.25) is 0 Å². The molecule has 0 amide bonds. The van der Waals surface area contributed by atoms with Crippen LogP contribution >= 0.6 is 0 Å². The number of fused-ring (bicyclic) bond motifs is 1. The van der Waals surface area contributed by atoms with Gasteiger partial charge in [0.15, 0.2) is 0 Å². The number of allylic oxidation sites excluding steroid dienone is 4. The van der Waals surface area contributed by atoms with Crippen LogP contribution in [0.15, 0.2) is 48.1 Å². The summed E-state index contributed by atoms with van der Waals surface area (Å²) < 4.78 is 2.04. The number of hydrogen-bond acceptors (Lipinski definition) is 0. The molecule has 0 spiro atoms. The standard InChI is InChI=1S/C13H12.Pt/c1-2-5-11-8-9-12-6-3-4-7-13(12)10-11;/h1-8H,9-10H2;/b5-2-;. The van der Waals surface area contributed by atoms with E-state index in [1.165, 1.54) is 16.7 Å². The van der Waals surface area contributed by atoms with E-state index in [0.717, 1.165) is 12.8 Å². The fourth-order valence-corrected chi connectivity index (χ4v) is 1.96. The van der Waals surface area contributed by atoms with Gasteiger partial charge in [0.05, 0.1) is 0 Å². The van der Waals surface area contributed by atoms with Crippen LogP contribution in [0.1, 0.15) is 11.1 Å². The first-order valence-electron chi connectivity index (χ1n) is 4.72. The van der Waals surface area contributed by atoms with Gasteiger partial charge < -0.3 is 0 Å². The molecule has 0 bridgehead atoms. The van der Waals surface area contributed by atoms with Crippen molar-refractivity contribution in [3.63, 3.8) is 0 Å². The second-order valence-electron chi connectivity index (χ2n) is 3.39. The van der Waals surface area contributed by atoms with Gasteiger partial charge in [-0.05, 0) is 0 Å². The summed E-state index contributed by atoms with van der Waals surface area (Å²) in [5, 5.41) is 0. The summed E-state index contributed by atoms with van der Waals surface area (Å²) in [7, 11) is 0. The molecule has 0 heterocycles. The van der Waals surface area contributed by atoms with E-state index in [1.807, 2.05) is 4.40 Å². The topological polar surface area (TPSA) is 0 Å². The van der Waals surface area contributed by atoms with Crippen molar-refractivity contribution < 1.29 is 19.4 Å². The third-order valence-corrected chi connectivity index (χ3v) is 2.91. The summed E-state index contributed by atoms with van der Waals surface area (Å²) in [5.41, 5.74) is 4.38. The van der Waals surface area contributed by atoms with Crippen LogP contribution in [-0.2, 0) is 32.2 Å². The van der Waals surface area contributed by atoms with Crippen LogP contribution in [0, 0.1) is 0 Å². The van der Waals surface area contributed by atoms with Gasteiger partial charge in [0.1, 0.15) is 0 Å². The van der Waals surface area contributed by atoms with E-state index in [1.54, 1.807) is 0 Å². The quantitative estimate of drug-likeness (QED) is 0.758. The summed E-state index contributed by atoms with van der Waals surface area (Å²) in [6.45, 7) is 0. The molecule has 1 aromatic carbocycles. The van der Waals surface area contributed by atoms with Gasteiger partial charge in [-0.15, -0.1) is 0 Å². The Labute approximate surface area is 95.8 Å². The van der Waals surface area contributed by atoms with E-state index in [-0.39, 0.29) is 0 Å². The molecular formula is C13H12Pt. The van der Waals surface area contributed by atoms with Crippen LogP contribution in [-0.4, -0.2) is 4.40 Å². The molecule has 0 atom stereocenters. The fraction of sp³-hybridized carbons (Fsp3) is 0.154. The first-order chi connectivity index (χ1) is 6.90. The predicted octanol–water partition coefficient (Wildman–Crippen LogP) is 2.62. The Bertz CT molecular complexity index is 399. The Morgan fingerprint density at radius 3 is 2.71 bits per heavy atom. The van der Waals surface area contributed by atoms with Crippen molar-refractivity contribution in [2.24, 2.45) is 0 Å². The van der Waals surface area contributed by atoms with E-state index in [0.29, 0.717) is 0 Å². The van der Waals surface area contributed by atoms with Crippen LogP contribution in [0.25, 0.3) is 0 Å². The molecule has 0 fully saturated rings. The van der Waals surface area contributed by atoms with Crippen LogP contribution in [0.4, 0.5) is 0 Å². The van der Waals surface area contributed by atoms with Gasteiger partial charge in [-0.3, -0.25) is 0 Å². The molecule has 1 aliphatic carbocycles. The molecule has 0 radical (unpaired) electrons. The zero-order chi connectivity index (χ0) is 9.80. The van der Waals surface area contributed by atoms with Crippen molar-refractivity contribution in [2.45, 2.75) is 12.8 Å². The third-order valence-electron chi connectivity index (χ3n) is 2.47. The summed E-state index contributed by atoms with van der Waals surface area (Å²) >= 11 is 2.23. The average molecular weight is 363 g/mol. The van der Waals surface area contributed by atoms with Gasteiger partial charge in [0, 0.05) is 0 Å². The molecule has 0 aromatic heterocycles. The molecule has 2 rings (SSSR count). The molecule has 0 nitrogen and oxygen atoms in total. The van der Waals surface area contributed by atoms with E-state index in [9.17, 15) is 0 Å². The summed E-state index contributed by atoms with van der Waals surface area (Å²) in [5.74, 6) is 0. The maximum absolute atomic E-state index is 2.32. The number of hydrogen-bond donors (Lipinski definition) is 0. The Balaban J connectivity index is 2.21. The van der Waals surface area contributed by atoms with E-state index in [2.05, 4.69) is 61.8 Å². The van der Waals surface area contributed by atoms with Gasteiger partial charge in [0.25, 0.3) is 0 Å². The zero-order valence-corrected chi connectivity index (χ0v) is 10.1. The second kappa shape index (κ2) is 4.66. The van der Waals surface area contributed by atoms with Crippen molar-refractivity contribution in [1.82, 2.24) is 0 Å². The summed E-state index contributed by atoms with van der Waals surface area (Å²) in [6.07, 6.45) is 8.78. The molecular weight excluding hydrogens is 351 g/mol. The van der Waals surface area contributed by atoms with Gasteiger partial charge in [-0.25, -0.2) is 0 Å². The predicted molar refractivity (Wildman–Crippen MR) is 57.1 cm³/mol. The molecule has 0 aliphatic heterocycles. The van der Waals surface area contributed by atoms with Crippen LogP contribution in [0.5, 0.6) is 0 Å². The Morgan fingerprint density at radius 1 is 1.14 bits per heavy atom. The van der Waals surface area contributed by atoms with Crippen molar-refractivity contribution in [3.8, 4) is 0 Å². The molecule has 0 unspecified atom stereocenters. The van der Waals surface area contributed by atoms with Crippen molar-refractivity contribution in [3.05, 3.63) is 59.2 Å². The zero-order valence-electron chi connectivity index (χ0n) is 7.85. The van der Waals surface area contributed by atoms with Crippen LogP contribution in [0.3, 0.4) is 0 Å². The molecule has 74 valence electrons. The van der Waals surface area contributed by atoms with E-state index >= 15 is 0 Å². The molecule has 14 heavy (non-hydrogen) atoms.